The molecule has 1 atom stereocenters. The molecule has 1 aromatic heterocycles. The van der Waals surface area contributed by atoms with Crippen molar-refractivity contribution >= 4 is 28.6 Å². The molecule has 1 aromatic carbocycles. The first-order chi connectivity index (χ1) is 21.0. The molecular weight excluding hydrogens is 564 g/mol. The van der Waals surface area contributed by atoms with Gasteiger partial charge in [-0.25, -0.2) is 4.79 Å². The van der Waals surface area contributed by atoms with Crippen LogP contribution in [-0.2, 0) is 20.6 Å². The Hall–Kier alpha value is -3.22. The minimum Gasteiger partial charge on any atom is -0.491 e. The quantitative estimate of drug-likeness (QED) is 0.224. The number of amides is 1. The van der Waals surface area contributed by atoms with Gasteiger partial charge in [-0.2, -0.15) is 0 Å². The maximum atomic E-state index is 13.2. The van der Waals surface area contributed by atoms with Gasteiger partial charge in [0, 0.05) is 67.4 Å². The van der Waals surface area contributed by atoms with E-state index in [-0.39, 0.29) is 12.7 Å². The molecule has 2 aromatic rings. The third-order valence-electron chi connectivity index (χ3n) is 8.54. The van der Waals surface area contributed by atoms with Gasteiger partial charge in [-0.3, -0.25) is 9.80 Å². The molecule has 2 fully saturated rings. The van der Waals surface area contributed by atoms with Gasteiger partial charge in [0.15, 0.2) is 6.61 Å². The lowest BCUT2D eigenvalue weighted by Crippen LogP contribution is -2.44. The molecule has 4 heterocycles. The summed E-state index contributed by atoms with van der Waals surface area (Å²) in [6, 6.07) is 5.41. The Bertz CT molecular complexity index is 1410. The van der Waals surface area contributed by atoms with Crippen molar-refractivity contribution < 1.29 is 19.0 Å². The molecule has 0 radical (unpaired) electrons. The molecule has 9 heteroatoms. The van der Waals surface area contributed by atoms with Crippen LogP contribution in [-0.4, -0.2) is 97.5 Å². The van der Waals surface area contributed by atoms with Gasteiger partial charge in [0.05, 0.1) is 13.2 Å². The molecule has 3 aliphatic rings. The van der Waals surface area contributed by atoms with E-state index >= 15 is 0 Å². The highest BCUT2D eigenvalue weighted by atomic mass is 35.5. The van der Waals surface area contributed by atoms with Crippen LogP contribution in [0.2, 0.25) is 5.02 Å². The highest BCUT2D eigenvalue weighted by Crippen LogP contribution is 2.39. The number of halogens is 1. The number of carbonyl (C=O) groups is 1. The van der Waals surface area contributed by atoms with Gasteiger partial charge in [0.25, 0.3) is 0 Å². The van der Waals surface area contributed by atoms with E-state index in [1.807, 2.05) is 43.4 Å². The number of nitrogens with zero attached hydrogens (tertiary/aromatic N) is 3. The van der Waals surface area contributed by atoms with Gasteiger partial charge < -0.3 is 24.1 Å². The van der Waals surface area contributed by atoms with Crippen molar-refractivity contribution in [3.05, 3.63) is 70.6 Å². The Morgan fingerprint density at radius 1 is 1.14 bits per heavy atom. The fourth-order valence-corrected chi connectivity index (χ4v) is 6.30. The Kier molecular flexibility index (Phi) is 10.9. The number of piperidine rings is 1. The number of aromatic amines is 1. The topological polar surface area (TPSA) is 70.3 Å². The molecule has 3 aliphatic heterocycles. The lowest BCUT2D eigenvalue weighted by Gasteiger charge is -2.35. The van der Waals surface area contributed by atoms with Crippen molar-refractivity contribution in [1.82, 2.24) is 19.7 Å². The fourth-order valence-electron chi connectivity index (χ4n) is 6.13. The zero-order valence-electron chi connectivity index (χ0n) is 25.4. The van der Waals surface area contributed by atoms with Gasteiger partial charge >= 0.3 is 6.09 Å². The van der Waals surface area contributed by atoms with Gasteiger partial charge in [-0.1, -0.05) is 30.2 Å². The van der Waals surface area contributed by atoms with Crippen LogP contribution in [0.25, 0.3) is 10.9 Å². The molecule has 0 spiro atoms. The third kappa shape index (κ3) is 7.84. The molecule has 5 rings (SSSR count). The Morgan fingerprint density at radius 3 is 2.60 bits per heavy atom. The minimum absolute atomic E-state index is 0.0542. The number of morpholine rings is 1. The standard InChI is InChI=1S/C34H43ClN4O4/c1-4-6-21-42-34(40)39-16-13-29-30-24-26(35)8-10-31(30)36-32(29)33(39)25(3)7-9-27(5-2)43-28-11-14-37(15-12-28)17-18-38-19-22-41-23-20-38/h5,7-10,24,28,33,36H,3,11-23H2,1-2H3/b9-7-,27-5+/t33-/m0/s1. The van der Waals surface area contributed by atoms with Crippen LogP contribution in [0.5, 0.6) is 0 Å². The Morgan fingerprint density at radius 2 is 1.88 bits per heavy atom. The third-order valence-corrected chi connectivity index (χ3v) is 8.77. The van der Waals surface area contributed by atoms with E-state index < -0.39 is 12.1 Å². The number of allylic oxidation sites excluding steroid dienone is 2. The predicted octanol–water partition coefficient (Wildman–Crippen LogP) is 5.71. The van der Waals surface area contributed by atoms with Crippen LogP contribution in [0.4, 0.5) is 4.79 Å². The molecular formula is C34H43ClN4O4. The summed E-state index contributed by atoms with van der Waals surface area (Å²) in [5.41, 5.74) is 3.83. The normalized spacial score (nSPS) is 20.6. The first-order valence-corrected chi connectivity index (χ1v) is 15.7. The van der Waals surface area contributed by atoms with E-state index in [0.717, 1.165) is 98.8 Å². The van der Waals surface area contributed by atoms with Crippen LogP contribution in [0.1, 0.15) is 44.0 Å². The molecule has 1 amide bonds. The van der Waals surface area contributed by atoms with Crippen molar-refractivity contribution in [2.75, 3.05) is 65.6 Å². The van der Waals surface area contributed by atoms with Crippen LogP contribution in [0, 0.1) is 11.8 Å². The van der Waals surface area contributed by atoms with Crippen LogP contribution in [0.15, 0.2) is 54.3 Å². The molecule has 0 unspecified atom stereocenters. The zero-order valence-corrected chi connectivity index (χ0v) is 26.1. The lowest BCUT2D eigenvalue weighted by atomic mass is 9.93. The highest BCUT2D eigenvalue weighted by molar-refractivity contribution is 6.31. The highest BCUT2D eigenvalue weighted by Gasteiger charge is 2.35. The van der Waals surface area contributed by atoms with Crippen molar-refractivity contribution in [2.45, 2.75) is 45.3 Å². The Balaban J connectivity index is 1.23. The predicted molar refractivity (Wildman–Crippen MR) is 171 cm³/mol. The maximum Gasteiger partial charge on any atom is 0.411 e. The molecule has 0 aliphatic carbocycles. The average Bonchev–Trinajstić information content (AvgIpc) is 3.40. The van der Waals surface area contributed by atoms with Crippen LogP contribution >= 0.6 is 11.6 Å². The van der Waals surface area contributed by atoms with E-state index in [2.05, 4.69) is 33.2 Å². The SMILES string of the molecule is C=C(/C=C\C(=C/C)OC1CCN(CCN2CCOCC2)CC1)[C@H]1c2[nH]c3ccc(Cl)cc3c2CCN1C(=O)OCC#CC. The van der Waals surface area contributed by atoms with Gasteiger partial charge in [-0.05, 0) is 74.6 Å². The number of nitrogens with one attached hydrogen (secondary N) is 1. The number of rotatable bonds is 9. The summed E-state index contributed by atoms with van der Waals surface area (Å²) in [4.78, 5) is 23.5. The van der Waals surface area contributed by atoms with Crippen molar-refractivity contribution in [2.24, 2.45) is 0 Å². The van der Waals surface area contributed by atoms with E-state index in [9.17, 15) is 4.79 Å². The number of H-pyrrole nitrogens is 1. The molecule has 1 N–H and O–H groups in total. The molecule has 230 valence electrons. The van der Waals surface area contributed by atoms with Crippen molar-refractivity contribution in [1.29, 1.82) is 0 Å². The fraction of sp³-hybridized carbons (Fsp3) is 0.500. The summed E-state index contributed by atoms with van der Waals surface area (Å²) in [5, 5.41) is 1.75. The largest absolute Gasteiger partial charge is 0.491 e. The second-order valence-electron chi connectivity index (χ2n) is 11.2. The maximum absolute atomic E-state index is 13.2. The zero-order chi connectivity index (χ0) is 30.2. The summed E-state index contributed by atoms with van der Waals surface area (Å²) in [5.74, 6) is 6.38. The van der Waals surface area contributed by atoms with Crippen molar-refractivity contribution in [3.63, 3.8) is 0 Å². The molecule has 8 nitrogen and oxygen atoms in total. The number of likely N-dealkylation sites (tertiary alicyclic amines) is 1. The first-order valence-electron chi connectivity index (χ1n) is 15.3. The van der Waals surface area contributed by atoms with E-state index in [0.29, 0.717) is 18.0 Å². The summed E-state index contributed by atoms with van der Waals surface area (Å²) in [6.45, 7) is 16.7. The number of hydrogen-bond donors (Lipinski definition) is 1. The summed E-state index contributed by atoms with van der Waals surface area (Å²) >= 11 is 6.33. The van der Waals surface area contributed by atoms with Gasteiger partial charge in [0.1, 0.15) is 17.9 Å². The smallest absolute Gasteiger partial charge is 0.411 e. The summed E-state index contributed by atoms with van der Waals surface area (Å²) in [6.07, 6.45) is 8.36. The number of fused-ring (bicyclic) bond motifs is 3. The second-order valence-corrected chi connectivity index (χ2v) is 11.7. The summed E-state index contributed by atoms with van der Waals surface area (Å²) < 4.78 is 17.4. The second kappa shape index (κ2) is 15.0. The Labute approximate surface area is 260 Å². The molecule has 43 heavy (non-hydrogen) atoms. The van der Waals surface area contributed by atoms with E-state index in [4.69, 9.17) is 25.8 Å². The number of benzene rings is 1. The first kappa shape index (κ1) is 31.2. The molecule has 0 saturated carbocycles. The van der Waals surface area contributed by atoms with E-state index in [1.54, 1.807) is 11.8 Å². The number of aromatic nitrogens is 1. The number of hydrogen-bond acceptors (Lipinski definition) is 6. The minimum atomic E-state index is -0.416. The van der Waals surface area contributed by atoms with Gasteiger partial charge in [0.2, 0.25) is 0 Å². The summed E-state index contributed by atoms with van der Waals surface area (Å²) in [7, 11) is 0. The average molecular weight is 607 g/mol. The van der Waals surface area contributed by atoms with E-state index in [1.165, 1.54) is 0 Å². The number of ether oxygens (including phenoxy) is 3. The van der Waals surface area contributed by atoms with Crippen molar-refractivity contribution in [3.8, 4) is 11.8 Å². The lowest BCUT2D eigenvalue weighted by molar-refractivity contribution is 0.0237. The number of carbonyl (C=O) groups excluding carboxylic acids is 1. The molecule has 0 bridgehead atoms. The monoisotopic (exact) mass is 606 g/mol. The van der Waals surface area contributed by atoms with Crippen LogP contribution in [0.3, 0.4) is 0 Å². The molecule has 2 saturated heterocycles. The van der Waals surface area contributed by atoms with Crippen LogP contribution < -0.4 is 0 Å². The van der Waals surface area contributed by atoms with Gasteiger partial charge in [-0.15, -0.1) is 5.92 Å².